The van der Waals surface area contributed by atoms with Crippen molar-refractivity contribution < 1.29 is 22.5 Å². The van der Waals surface area contributed by atoms with Gasteiger partial charge in [0.15, 0.2) is 0 Å². The zero-order chi connectivity index (χ0) is 21.3. The molecule has 1 N–H and O–H groups in total. The van der Waals surface area contributed by atoms with E-state index in [-0.39, 0.29) is 6.61 Å². The average molecular weight is 452 g/mol. The molecule has 0 bridgehead atoms. The fourth-order valence-electron chi connectivity index (χ4n) is 4.52. The van der Waals surface area contributed by atoms with Crippen LogP contribution in [0.4, 0.5) is 4.79 Å². The summed E-state index contributed by atoms with van der Waals surface area (Å²) < 4.78 is 28.0. The zero-order valence-electron chi connectivity index (χ0n) is 16.5. The first-order valence-electron chi connectivity index (χ1n) is 9.07. The molecule has 1 aromatic carbocycles. The van der Waals surface area contributed by atoms with Crippen molar-refractivity contribution in [3.8, 4) is 0 Å². The smallest absolute Gasteiger partial charge is 0.407 e. The lowest BCUT2D eigenvalue weighted by Crippen LogP contribution is -2.62. The van der Waals surface area contributed by atoms with E-state index in [9.17, 15) is 18.3 Å². The van der Waals surface area contributed by atoms with Crippen LogP contribution in [0, 0.1) is 5.41 Å². The number of halogens is 2. The van der Waals surface area contributed by atoms with Gasteiger partial charge in [-0.05, 0) is 42.4 Å². The molecule has 2 rings (SSSR count). The number of hydrogen-bond donors (Lipinski definition) is 1. The molecule has 1 unspecified atom stereocenters. The second kappa shape index (κ2) is 8.38. The van der Waals surface area contributed by atoms with Crippen molar-refractivity contribution in [2.45, 2.75) is 51.5 Å². The summed E-state index contributed by atoms with van der Waals surface area (Å²) in [5.74, 6) is 0. The maximum Gasteiger partial charge on any atom is 0.407 e. The van der Waals surface area contributed by atoms with Crippen molar-refractivity contribution in [3.05, 3.63) is 33.8 Å². The molecule has 0 saturated carbocycles. The van der Waals surface area contributed by atoms with E-state index >= 15 is 0 Å². The third kappa shape index (κ3) is 5.12. The molecule has 28 heavy (non-hydrogen) atoms. The van der Waals surface area contributed by atoms with Gasteiger partial charge in [-0.2, -0.15) is 8.42 Å². The van der Waals surface area contributed by atoms with Crippen molar-refractivity contribution in [2.75, 3.05) is 19.4 Å². The lowest BCUT2D eigenvalue weighted by molar-refractivity contribution is -0.00437. The van der Waals surface area contributed by atoms with Crippen LogP contribution in [-0.2, 0) is 19.7 Å². The second-order valence-electron chi connectivity index (χ2n) is 8.41. The van der Waals surface area contributed by atoms with Crippen molar-refractivity contribution in [3.63, 3.8) is 0 Å². The molecule has 0 aromatic heterocycles. The number of carboxylic acid groups (broad SMARTS) is 1. The molecule has 0 spiro atoms. The quantitative estimate of drug-likeness (QED) is 0.650. The van der Waals surface area contributed by atoms with E-state index < -0.39 is 33.1 Å². The summed E-state index contributed by atoms with van der Waals surface area (Å²) in [4.78, 5) is 13.5. The molecule has 158 valence electrons. The molecular weight excluding hydrogens is 425 g/mol. The van der Waals surface area contributed by atoms with Crippen molar-refractivity contribution in [1.82, 2.24) is 4.90 Å². The molecule has 6 nitrogen and oxygen atoms in total. The maximum atomic E-state index is 12.0. The van der Waals surface area contributed by atoms with E-state index in [4.69, 9.17) is 27.4 Å². The summed E-state index contributed by atoms with van der Waals surface area (Å²) in [7, 11) is -3.61. The summed E-state index contributed by atoms with van der Waals surface area (Å²) in [5.41, 5.74) is -0.228. The van der Waals surface area contributed by atoms with Crippen LogP contribution in [0.25, 0.3) is 0 Å². The summed E-state index contributed by atoms with van der Waals surface area (Å²) in [6.45, 7) is 6.35. The van der Waals surface area contributed by atoms with E-state index in [1.807, 2.05) is 26.8 Å². The van der Waals surface area contributed by atoms with Gasteiger partial charge in [0, 0.05) is 18.0 Å². The SMILES string of the molecule is CC(C)(C)[C@@H]1N(C(=O)O)CCCC1(CCOS(C)(=O)=O)c1ccc(Cl)c(Cl)c1. The standard InChI is InChI=1S/C19H27Cl2NO5S/c1-18(2,3)16-19(9-11-27-28(4,25)26,8-5-10-22(16)17(23)24)13-6-7-14(20)15(21)12-13/h6-7,12,16H,5,8-11H2,1-4H3,(H,23,24)/t16-,19?/m0/s1. The number of hydrogen-bond acceptors (Lipinski definition) is 4. The van der Waals surface area contributed by atoms with Crippen molar-refractivity contribution in [1.29, 1.82) is 0 Å². The second-order valence-corrected chi connectivity index (χ2v) is 10.9. The van der Waals surface area contributed by atoms with Gasteiger partial charge in [0.1, 0.15) is 0 Å². The fraction of sp³-hybridized carbons (Fsp3) is 0.632. The Bertz CT molecular complexity index is 837. The van der Waals surface area contributed by atoms with E-state index in [0.29, 0.717) is 35.9 Å². The summed E-state index contributed by atoms with van der Waals surface area (Å²) in [6, 6.07) is 4.90. The highest BCUT2D eigenvalue weighted by Crippen LogP contribution is 2.49. The van der Waals surface area contributed by atoms with Crippen LogP contribution in [0.2, 0.25) is 10.0 Å². The minimum Gasteiger partial charge on any atom is -0.465 e. The Morgan fingerprint density at radius 1 is 1.32 bits per heavy atom. The van der Waals surface area contributed by atoms with Gasteiger partial charge in [-0.3, -0.25) is 4.18 Å². The Balaban J connectivity index is 2.62. The van der Waals surface area contributed by atoms with E-state index in [1.165, 1.54) is 4.90 Å². The Morgan fingerprint density at radius 3 is 2.46 bits per heavy atom. The number of nitrogens with zero attached hydrogens (tertiary/aromatic N) is 1. The van der Waals surface area contributed by atoms with Crippen molar-refractivity contribution >= 4 is 39.4 Å². The summed E-state index contributed by atoms with van der Waals surface area (Å²) in [5, 5.41) is 10.6. The predicted molar refractivity (Wildman–Crippen MR) is 111 cm³/mol. The number of benzene rings is 1. The van der Waals surface area contributed by atoms with E-state index in [2.05, 4.69) is 0 Å². The number of amides is 1. The van der Waals surface area contributed by atoms with Gasteiger partial charge in [-0.1, -0.05) is 50.0 Å². The number of carbonyl (C=O) groups is 1. The largest absolute Gasteiger partial charge is 0.465 e. The molecule has 1 aliphatic rings. The van der Waals surface area contributed by atoms with Crippen LogP contribution in [0.3, 0.4) is 0 Å². The highest BCUT2D eigenvalue weighted by atomic mass is 35.5. The molecule has 1 aromatic rings. The minimum absolute atomic E-state index is 0.0425. The average Bonchev–Trinajstić information content (AvgIpc) is 2.54. The fourth-order valence-corrected chi connectivity index (χ4v) is 5.20. The van der Waals surface area contributed by atoms with Crippen LogP contribution in [-0.4, -0.2) is 50.0 Å². The normalized spacial score (nSPS) is 23.6. The zero-order valence-corrected chi connectivity index (χ0v) is 18.9. The number of likely N-dealkylation sites (tertiary alicyclic amines) is 1. The van der Waals surface area contributed by atoms with E-state index in [0.717, 1.165) is 11.8 Å². The molecule has 1 heterocycles. The molecule has 9 heteroatoms. The third-order valence-corrected chi connectivity index (χ3v) is 6.60. The van der Waals surface area contributed by atoms with Crippen LogP contribution in [0.15, 0.2) is 18.2 Å². The molecule has 1 aliphatic heterocycles. The Hall–Kier alpha value is -1.02. The van der Waals surface area contributed by atoms with Gasteiger partial charge in [-0.25, -0.2) is 4.79 Å². The van der Waals surface area contributed by atoms with Crippen LogP contribution in [0.1, 0.15) is 45.6 Å². The van der Waals surface area contributed by atoms with Gasteiger partial charge in [-0.15, -0.1) is 0 Å². The minimum atomic E-state index is -3.61. The van der Waals surface area contributed by atoms with Gasteiger partial charge >= 0.3 is 6.09 Å². The summed E-state index contributed by atoms with van der Waals surface area (Å²) >= 11 is 12.4. The molecule has 0 radical (unpaired) electrons. The van der Waals surface area contributed by atoms with Gasteiger partial charge in [0.2, 0.25) is 0 Å². The van der Waals surface area contributed by atoms with Crippen LogP contribution >= 0.6 is 23.2 Å². The Labute approximate surface area is 176 Å². The van der Waals surface area contributed by atoms with Crippen LogP contribution in [0.5, 0.6) is 0 Å². The molecule has 2 atom stereocenters. The predicted octanol–water partition coefficient (Wildman–Crippen LogP) is 4.79. The lowest BCUT2D eigenvalue weighted by Gasteiger charge is -2.55. The van der Waals surface area contributed by atoms with E-state index in [1.54, 1.807) is 12.1 Å². The Kier molecular flexibility index (Phi) is 6.96. The monoisotopic (exact) mass is 451 g/mol. The van der Waals surface area contributed by atoms with Gasteiger partial charge < -0.3 is 10.0 Å². The van der Waals surface area contributed by atoms with Gasteiger partial charge in [0.25, 0.3) is 10.1 Å². The molecular formula is C19H27Cl2NO5S. The highest BCUT2D eigenvalue weighted by molar-refractivity contribution is 7.85. The molecule has 1 amide bonds. The topological polar surface area (TPSA) is 83.9 Å². The third-order valence-electron chi connectivity index (χ3n) is 5.26. The first-order valence-corrected chi connectivity index (χ1v) is 11.6. The molecule has 1 fully saturated rings. The molecule has 0 aliphatic carbocycles. The van der Waals surface area contributed by atoms with Gasteiger partial charge in [0.05, 0.1) is 22.9 Å². The number of rotatable bonds is 5. The maximum absolute atomic E-state index is 12.0. The van der Waals surface area contributed by atoms with Crippen LogP contribution < -0.4 is 0 Å². The van der Waals surface area contributed by atoms with Crippen molar-refractivity contribution in [2.24, 2.45) is 5.41 Å². The highest BCUT2D eigenvalue weighted by Gasteiger charge is 2.52. The Morgan fingerprint density at radius 2 is 1.96 bits per heavy atom. The number of piperidine rings is 1. The summed E-state index contributed by atoms with van der Waals surface area (Å²) in [6.07, 6.45) is 1.68. The first kappa shape index (κ1) is 23.3. The first-order chi connectivity index (χ1) is 12.8. The lowest BCUT2D eigenvalue weighted by atomic mass is 9.59. The molecule has 1 saturated heterocycles.